The summed E-state index contributed by atoms with van der Waals surface area (Å²) in [5.41, 5.74) is 2.26. The monoisotopic (exact) mass is 363 g/mol. The molecule has 2 atom stereocenters. The van der Waals surface area contributed by atoms with Gasteiger partial charge in [-0.3, -0.25) is 4.68 Å². The Morgan fingerprint density at radius 3 is 2.77 bits per heavy atom. The summed E-state index contributed by atoms with van der Waals surface area (Å²) in [7, 11) is 0. The van der Waals surface area contributed by atoms with Crippen molar-refractivity contribution in [2.75, 3.05) is 26.2 Å². The first-order valence-electron chi connectivity index (χ1n) is 10.1. The number of urea groups is 1. The molecule has 1 aromatic rings. The van der Waals surface area contributed by atoms with Crippen LogP contribution < -0.4 is 5.32 Å². The van der Waals surface area contributed by atoms with Crippen LogP contribution in [0, 0.1) is 0 Å². The maximum Gasteiger partial charge on any atom is 0.317 e. The van der Waals surface area contributed by atoms with Crippen LogP contribution in [0.3, 0.4) is 0 Å². The van der Waals surface area contributed by atoms with E-state index in [1.54, 1.807) is 0 Å². The molecule has 7 nitrogen and oxygen atoms in total. The van der Waals surface area contributed by atoms with Gasteiger partial charge in [-0.1, -0.05) is 13.3 Å². The van der Waals surface area contributed by atoms with Crippen molar-refractivity contribution in [2.24, 2.45) is 0 Å². The number of fused-ring (bicyclic) bond motifs is 1. The van der Waals surface area contributed by atoms with Gasteiger partial charge in [-0.05, 0) is 39.3 Å². The number of hydrogen-bond donors (Lipinski definition) is 2. The number of rotatable bonds is 6. The number of β-amino-alcohol motifs (C(OH)–C–C–N with tert-alkyl or cyclic N) is 1. The normalized spacial score (nSPS) is 20.5. The number of hydrogen-bond acceptors (Lipinski definition) is 4. The second-order valence-corrected chi connectivity index (χ2v) is 7.74. The van der Waals surface area contributed by atoms with Gasteiger partial charge in [-0.25, -0.2) is 4.79 Å². The van der Waals surface area contributed by atoms with Crippen molar-refractivity contribution in [3.8, 4) is 0 Å². The molecule has 7 heteroatoms. The molecule has 2 aliphatic rings. The number of carbonyl (C=O) groups excluding carboxylic acids is 1. The van der Waals surface area contributed by atoms with Crippen LogP contribution in [0.1, 0.15) is 50.8 Å². The molecule has 1 unspecified atom stereocenters. The van der Waals surface area contributed by atoms with Gasteiger partial charge in [0.1, 0.15) is 0 Å². The second kappa shape index (κ2) is 8.86. The third kappa shape index (κ3) is 4.76. The number of amides is 2. The molecular formula is C19H33N5O2. The van der Waals surface area contributed by atoms with Gasteiger partial charge in [0.25, 0.3) is 0 Å². The fraction of sp³-hybridized carbons (Fsp3) is 0.789. The largest absolute Gasteiger partial charge is 0.390 e. The van der Waals surface area contributed by atoms with Crippen molar-refractivity contribution in [2.45, 2.75) is 71.2 Å². The number of aromatic nitrogens is 2. The third-order valence-electron chi connectivity index (χ3n) is 5.59. The number of carbonyl (C=O) groups is 1. The molecule has 2 N–H and O–H groups in total. The van der Waals surface area contributed by atoms with Crippen LogP contribution in [0.15, 0.2) is 6.20 Å². The molecule has 3 heterocycles. The molecule has 0 saturated carbocycles. The Balaban J connectivity index is 1.54. The molecule has 0 bridgehead atoms. The highest BCUT2D eigenvalue weighted by atomic mass is 16.3. The van der Waals surface area contributed by atoms with Gasteiger partial charge in [0.15, 0.2) is 0 Å². The number of nitrogens with one attached hydrogen (secondary N) is 1. The highest BCUT2D eigenvalue weighted by molar-refractivity contribution is 5.74. The van der Waals surface area contributed by atoms with Crippen LogP contribution in [0.5, 0.6) is 0 Å². The van der Waals surface area contributed by atoms with Gasteiger partial charge in [-0.15, -0.1) is 0 Å². The van der Waals surface area contributed by atoms with E-state index in [2.05, 4.69) is 22.2 Å². The lowest BCUT2D eigenvalue weighted by atomic mass is 10.1. The van der Waals surface area contributed by atoms with Crippen molar-refractivity contribution in [3.05, 3.63) is 17.5 Å². The zero-order chi connectivity index (χ0) is 18.5. The Morgan fingerprint density at radius 1 is 1.27 bits per heavy atom. The molecule has 0 spiro atoms. The van der Waals surface area contributed by atoms with Crippen LogP contribution >= 0.6 is 0 Å². The quantitative estimate of drug-likeness (QED) is 0.805. The fourth-order valence-corrected chi connectivity index (χ4v) is 3.83. The second-order valence-electron chi connectivity index (χ2n) is 7.74. The summed E-state index contributed by atoms with van der Waals surface area (Å²) in [6.07, 6.45) is 6.95. The van der Waals surface area contributed by atoms with E-state index in [0.29, 0.717) is 19.6 Å². The van der Waals surface area contributed by atoms with E-state index < -0.39 is 6.10 Å². The number of piperidine rings is 1. The third-order valence-corrected chi connectivity index (χ3v) is 5.59. The van der Waals surface area contributed by atoms with E-state index >= 15 is 0 Å². The Labute approximate surface area is 156 Å². The number of aliphatic hydroxyl groups excluding tert-OH is 1. The van der Waals surface area contributed by atoms with Crippen LogP contribution in [-0.2, 0) is 19.5 Å². The highest BCUT2D eigenvalue weighted by Gasteiger charge is 2.25. The predicted molar refractivity (Wildman–Crippen MR) is 101 cm³/mol. The Bertz CT molecular complexity index is 597. The fourth-order valence-electron chi connectivity index (χ4n) is 3.83. The van der Waals surface area contributed by atoms with Crippen molar-refractivity contribution < 1.29 is 9.90 Å². The molecule has 0 aromatic carbocycles. The van der Waals surface area contributed by atoms with Gasteiger partial charge in [0, 0.05) is 36.8 Å². The Hall–Kier alpha value is -1.60. The molecule has 2 aliphatic heterocycles. The molecule has 0 radical (unpaired) electrons. The van der Waals surface area contributed by atoms with Gasteiger partial charge in [-0.2, -0.15) is 5.10 Å². The average molecular weight is 364 g/mol. The number of nitrogens with zero attached hydrogens (tertiary/aromatic N) is 4. The van der Waals surface area contributed by atoms with Crippen LogP contribution in [0.2, 0.25) is 0 Å². The first-order chi connectivity index (χ1) is 12.6. The van der Waals surface area contributed by atoms with Crippen molar-refractivity contribution in [1.82, 2.24) is 24.9 Å². The topological polar surface area (TPSA) is 73.6 Å². The average Bonchev–Trinajstić information content (AvgIpc) is 3.04. The maximum absolute atomic E-state index is 12.3. The van der Waals surface area contributed by atoms with Gasteiger partial charge < -0.3 is 20.2 Å². The summed E-state index contributed by atoms with van der Waals surface area (Å²) in [6.45, 7) is 8.82. The SMILES string of the molecule is CCC(C)NC(=O)N1CCc2c(cnn2C[C@H](O)CN2CCCCC2)C1. The lowest BCUT2D eigenvalue weighted by molar-refractivity contribution is 0.0845. The summed E-state index contributed by atoms with van der Waals surface area (Å²) < 4.78 is 1.94. The highest BCUT2D eigenvalue weighted by Crippen LogP contribution is 2.19. The van der Waals surface area contributed by atoms with E-state index in [4.69, 9.17) is 0 Å². The smallest absolute Gasteiger partial charge is 0.317 e. The molecule has 1 saturated heterocycles. The molecule has 26 heavy (non-hydrogen) atoms. The lowest BCUT2D eigenvalue weighted by Gasteiger charge is -2.30. The van der Waals surface area contributed by atoms with Gasteiger partial charge in [0.2, 0.25) is 0 Å². The van der Waals surface area contributed by atoms with Gasteiger partial charge >= 0.3 is 6.03 Å². The summed E-state index contributed by atoms with van der Waals surface area (Å²) >= 11 is 0. The number of aliphatic hydroxyl groups is 1. The van der Waals surface area contributed by atoms with Crippen LogP contribution in [0.25, 0.3) is 0 Å². The minimum Gasteiger partial charge on any atom is -0.390 e. The van der Waals surface area contributed by atoms with E-state index in [0.717, 1.165) is 43.7 Å². The van der Waals surface area contributed by atoms with Gasteiger partial charge in [0.05, 0.1) is 25.4 Å². The minimum atomic E-state index is -0.399. The molecule has 1 aromatic heterocycles. The standard InChI is InChI=1S/C19H33N5O2/c1-3-15(2)21-19(26)23-10-7-18-16(12-23)11-20-24(18)14-17(25)13-22-8-5-4-6-9-22/h11,15,17,25H,3-10,12-14H2,1-2H3,(H,21,26)/t15?,17-/m1/s1. The molecule has 0 aliphatic carbocycles. The van der Waals surface area contributed by atoms with E-state index in [9.17, 15) is 9.90 Å². The van der Waals surface area contributed by atoms with Crippen LogP contribution in [0.4, 0.5) is 4.79 Å². The minimum absolute atomic E-state index is 0.00267. The molecule has 3 rings (SSSR count). The summed E-state index contributed by atoms with van der Waals surface area (Å²) in [5, 5.41) is 18.0. The van der Waals surface area contributed by atoms with Crippen LogP contribution in [-0.4, -0.2) is 69.0 Å². The summed E-state index contributed by atoms with van der Waals surface area (Å²) in [5.74, 6) is 0. The summed E-state index contributed by atoms with van der Waals surface area (Å²) in [6, 6.07) is 0.194. The molecule has 146 valence electrons. The zero-order valence-corrected chi connectivity index (χ0v) is 16.2. The Kier molecular flexibility index (Phi) is 6.53. The zero-order valence-electron chi connectivity index (χ0n) is 16.2. The predicted octanol–water partition coefficient (Wildman–Crippen LogP) is 1.60. The first kappa shape index (κ1) is 19.2. The first-order valence-corrected chi connectivity index (χ1v) is 10.1. The summed E-state index contributed by atoms with van der Waals surface area (Å²) in [4.78, 5) is 16.5. The van der Waals surface area contributed by atoms with E-state index in [1.165, 1.54) is 19.3 Å². The van der Waals surface area contributed by atoms with Crippen molar-refractivity contribution >= 4 is 6.03 Å². The van der Waals surface area contributed by atoms with Crippen molar-refractivity contribution in [3.63, 3.8) is 0 Å². The lowest BCUT2D eigenvalue weighted by Crippen LogP contribution is -2.46. The maximum atomic E-state index is 12.3. The Morgan fingerprint density at radius 2 is 2.04 bits per heavy atom. The van der Waals surface area contributed by atoms with Crippen molar-refractivity contribution in [1.29, 1.82) is 0 Å². The molecule has 2 amide bonds. The molecule has 1 fully saturated rings. The van der Waals surface area contributed by atoms with E-state index in [1.807, 2.05) is 22.7 Å². The van der Waals surface area contributed by atoms with E-state index in [-0.39, 0.29) is 12.1 Å². The molecular weight excluding hydrogens is 330 g/mol. The number of likely N-dealkylation sites (tertiary alicyclic amines) is 1.